The minimum absolute atomic E-state index is 0.296. The predicted molar refractivity (Wildman–Crippen MR) is 125 cm³/mol. The topological polar surface area (TPSA) is 73.6 Å². The Bertz CT molecular complexity index is 1200. The monoisotopic (exact) mass is 448 g/mol. The average Bonchev–Trinajstić information content (AvgIpc) is 3.41. The van der Waals surface area contributed by atoms with Crippen LogP contribution in [0.25, 0.3) is 11.4 Å². The number of aromatic nitrogens is 2. The van der Waals surface area contributed by atoms with Crippen LogP contribution in [0.15, 0.2) is 66.0 Å². The predicted octanol–water partition coefficient (Wildman–Crippen LogP) is 5.45. The number of carboxylic acid groups (broad SMARTS) is 1. The van der Waals surface area contributed by atoms with Gasteiger partial charge in [-0.05, 0) is 49.2 Å². The van der Waals surface area contributed by atoms with E-state index in [1.807, 2.05) is 71.5 Å². The molecule has 0 aliphatic rings. The number of thiazole rings is 1. The normalized spacial score (nSPS) is 10.8. The number of carboxylic acids is 1. The van der Waals surface area contributed by atoms with E-state index in [9.17, 15) is 9.90 Å². The molecule has 7 heteroatoms. The number of aryl methyl sites for hydroxylation is 1. The van der Waals surface area contributed by atoms with Crippen molar-refractivity contribution in [1.82, 2.24) is 9.55 Å². The van der Waals surface area contributed by atoms with Crippen LogP contribution in [-0.4, -0.2) is 27.7 Å². The summed E-state index contributed by atoms with van der Waals surface area (Å²) in [6.07, 6.45) is 0.764. The van der Waals surface area contributed by atoms with Crippen molar-refractivity contribution in [2.24, 2.45) is 0 Å². The van der Waals surface area contributed by atoms with Crippen LogP contribution in [0.1, 0.15) is 26.6 Å². The van der Waals surface area contributed by atoms with Crippen molar-refractivity contribution in [3.8, 4) is 22.9 Å². The average molecular weight is 449 g/mol. The fourth-order valence-corrected chi connectivity index (χ4v) is 4.25. The summed E-state index contributed by atoms with van der Waals surface area (Å²) in [5.41, 5.74) is 3.72. The largest absolute Gasteiger partial charge is 0.497 e. The minimum atomic E-state index is -0.935. The Morgan fingerprint density at radius 1 is 1.09 bits per heavy atom. The van der Waals surface area contributed by atoms with E-state index < -0.39 is 5.97 Å². The van der Waals surface area contributed by atoms with E-state index in [1.165, 1.54) is 11.3 Å². The lowest BCUT2D eigenvalue weighted by atomic mass is 10.1. The van der Waals surface area contributed by atoms with Crippen LogP contribution >= 0.6 is 11.3 Å². The van der Waals surface area contributed by atoms with Gasteiger partial charge in [-0.2, -0.15) is 0 Å². The second-order valence-corrected chi connectivity index (χ2v) is 8.25. The van der Waals surface area contributed by atoms with Crippen molar-refractivity contribution in [2.75, 3.05) is 7.11 Å². The molecular formula is C25H24N2O4S. The number of para-hydroxylation sites is 1. The molecule has 0 amide bonds. The number of methoxy groups -OCH3 is 1. The van der Waals surface area contributed by atoms with Gasteiger partial charge in [0, 0.05) is 17.6 Å². The van der Waals surface area contributed by atoms with Crippen LogP contribution in [0.3, 0.4) is 0 Å². The van der Waals surface area contributed by atoms with Crippen molar-refractivity contribution >= 4 is 17.3 Å². The van der Waals surface area contributed by atoms with Crippen molar-refractivity contribution in [3.05, 3.63) is 87.9 Å². The molecule has 0 spiro atoms. The van der Waals surface area contributed by atoms with Crippen LogP contribution in [0.5, 0.6) is 11.5 Å². The Labute approximate surface area is 190 Å². The first-order chi connectivity index (χ1) is 15.5. The summed E-state index contributed by atoms with van der Waals surface area (Å²) < 4.78 is 13.1. The zero-order valence-corrected chi connectivity index (χ0v) is 18.8. The van der Waals surface area contributed by atoms with Gasteiger partial charge < -0.3 is 19.1 Å². The number of benzene rings is 2. The number of rotatable bonds is 9. The van der Waals surface area contributed by atoms with Crippen LogP contribution in [0.4, 0.5) is 0 Å². The molecule has 0 fully saturated rings. The maximum absolute atomic E-state index is 11.8. The first kappa shape index (κ1) is 21.6. The van der Waals surface area contributed by atoms with Crippen molar-refractivity contribution in [2.45, 2.75) is 26.5 Å². The first-order valence-corrected chi connectivity index (χ1v) is 11.1. The molecule has 0 atom stereocenters. The van der Waals surface area contributed by atoms with E-state index in [-0.39, 0.29) is 0 Å². The van der Waals surface area contributed by atoms with Gasteiger partial charge in [0.2, 0.25) is 0 Å². The summed E-state index contributed by atoms with van der Waals surface area (Å²) in [7, 11) is 1.64. The van der Waals surface area contributed by atoms with Gasteiger partial charge in [0.25, 0.3) is 0 Å². The molecule has 0 saturated carbocycles. The van der Waals surface area contributed by atoms with Gasteiger partial charge >= 0.3 is 5.97 Å². The number of hydrogen-bond acceptors (Lipinski definition) is 5. The van der Waals surface area contributed by atoms with Gasteiger partial charge in [0.15, 0.2) is 0 Å². The molecule has 2 aromatic heterocycles. The first-order valence-electron chi connectivity index (χ1n) is 10.2. The maximum atomic E-state index is 11.8. The summed E-state index contributed by atoms with van der Waals surface area (Å²) in [5, 5.41) is 12.4. The van der Waals surface area contributed by atoms with E-state index in [0.29, 0.717) is 18.7 Å². The lowest BCUT2D eigenvalue weighted by molar-refractivity contribution is 0.0696. The van der Waals surface area contributed by atoms with Crippen LogP contribution < -0.4 is 9.47 Å². The lowest BCUT2D eigenvalue weighted by Crippen LogP contribution is -2.07. The third-order valence-electron chi connectivity index (χ3n) is 5.30. The molecule has 0 radical (unpaired) electrons. The van der Waals surface area contributed by atoms with E-state index in [0.717, 1.165) is 45.6 Å². The molecule has 2 aromatic carbocycles. The summed E-state index contributed by atoms with van der Waals surface area (Å²) in [4.78, 5) is 16.5. The summed E-state index contributed by atoms with van der Waals surface area (Å²) in [5.74, 6) is 0.665. The second-order valence-electron chi connectivity index (χ2n) is 7.31. The SMILES string of the molecule is COc1ccc(CCn2c(-c3csc(COc4ccccc4)n3)cc(C(=O)O)c2C)cc1. The molecule has 164 valence electrons. The highest BCUT2D eigenvalue weighted by Crippen LogP contribution is 2.28. The Hall–Kier alpha value is -3.58. The summed E-state index contributed by atoms with van der Waals surface area (Å²) in [6.45, 7) is 2.85. The summed E-state index contributed by atoms with van der Waals surface area (Å²) in [6, 6.07) is 19.2. The third-order valence-corrected chi connectivity index (χ3v) is 6.12. The van der Waals surface area contributed by atoms with Gasteiger partial charge in [0.1, 0.15) is 23.1 Å². The quantitative estimate of drug-likeness (QED) is 0.369. The zero-order valence-electron chi connectivity index (χ0n) is 17.9. The maximum Gasteiger partial charge on any atom is 0.337 e. The molecule has 0 saturated heterocycles. The molecule has 6 nitrogen and oxygen atoms in total. The second kappa shape index (κ2) is 9.70. The highest BCUT2D eigenvalue weighted by molar-refractivity contribution is 7.09. The Kier molecular flexibility index (Phi) is 6.56. The van der Waals surface area contributed by atoms with Gasteiger partial charge in [-0.1, -0.05) is 30.3 Å². The smallest absolute Gasteiger partial charge is 0.337 e. The number of carbonyl (C=O) groups is 1. The third kappa shape index (κ3) is 4.84. The van der Waals surface area contributed by atoms with E-state index in [1.54, 1.807) is 13.2 Å². The van der Waals surface area contributed by atoms with E-state index in [2.05, 4.69) is 0 Å². The van der Waals surface area contributed by atoms with Gasteiger partial charge in [-0.25, -0.2) is 9.78 Å². The molecule has 0 unspecified atom stereocenters. The Morgan fingerprint density at radius 3 is 2.53 bits per heavy atom. The van der Waals surface area contributed by atoms with Crippen molar-refractivity contribution in [3.63, 3.8) is 0 Å². The Morgan fingerprint density at radius 2 is 1.84 bits per heavy atom. The van der Waals surface area contributed by atoms with Gasteiger partial charge in [-0.15, -0.1) is 11.3 Å². The highest BCUT2D eigenvalue weighted by Gasteiger charge is 2.19. The van der Waals surface area contributed by atoms with Crippen molar-refractivity contribution < 1.29 is 19.4 Å². The molecule has 32 heavy (non-hydrogen) atoms. The number of hydrogen-bond donors (Lipinski definition) is 1. The Balaban J connectivity index is 1.55. The number of nitrogens with zero attached hydrogens (tertiary/aromatic N) is 2. The van der Waals surface area contributed by atoms with Gasteiger partial charge in [0.05, 0.1) is 24.1 Å². The highest BCUT2D eigenvalue weighted by atomic mass is 32.1. The molecule has 0 aliphatic heterocycles. The molecule has 4 aromatic rings. The fourth-order valence-electron chi connectivity index (χ4n) is 3.55. The lowest BCUT2D eigenvalue weighted by Gasteiger charge is -2.11. The fraction of sp³-hybridized carbons (Fsp3) is 0.200. The molecule has 2 heterocycles. The van der Waals surface area contributed by atoms with Crippen LogP contribution in [0, 0.1) is 6.92 Å². The zero-order chi connectivity index (χ0) is 22.5. The molecular weight excluding hydrogens is 424 g/mol. The van der Waals surface area contributed by atoms with Crippen LogP contribution in [0.2, 0.25) is 0 Å². The van der Waals surface area contributed by atoms with E-state index >= 15 is 0 Å². The molecule has 0 bridgehead atoms. The summed E-state index contributed by atoms with van der Waals surface area (Å²) >= 11 is 1.50. The molecule has 0 aliphatic carbocycles. The van der Waals surface area contributed by atoms with E-state index in [4.69, 9.17) is 14.5 Å². The molecule has 1 N–H and O–H groups in total. The van der Waals surface area contributed by atoms with Gasteiger partial charge in [-0.3, -0.25) is 0 Å². The molecule has 4 rings (SSSR count). The standard InChI is InChI=1S/C25H24N2O4S/c1-17-21(25(28)29)14-23(27(17)13-12-18-8-10-19(30-2)11-9-18)22-16-32-24(26-22)15-31-20-6-4-3-5-7-20/h3-11,14,16H,12-13,15H2,1-2H3,(H,28,29). The number of ether oxygens (including phenoxy) is 2. The minimum Gasteiger partial charge on any atom is -0.497 e. The van der Waals surface area contributed by atoms with Crippen LogP contribution in [-0.2, 0) is 19.6 Å². The van der Waals surface area contributed by atoms with Crippen molar-refractivity contribution in [1.29, 1.82) is 0 Å². The number of aromatic carboxylic acids is 1.